The number of benzene rings is 1. The predicted molar refractivity (Wildman–Crippen MR) is 62.2 cm³/mol. The zero-order valence-corrected chi connectivity index (χ0v) is 10.2. The highest BCUT2D eigenvalue weighted by Crippen LogP contribution is 2.31. The van der Waals surface area contributed by atoms with Crippen molar-refractivity contribution in [1.29, 1.82) is 5.26 Å². The first-order chi connectivity index (χ1) is 9.02. The third kappa shape index (κ3) is 3.25. The van der Waals surface area contributed by atoms with Crippen molar-refractivity contribution in [3.63, 3.8) is 0 Å². The molecule has 0 aromatic heterocycles. The van der Waals surface area contributed by atoms with Crippen LogP contribution in [0.2, 0.25) is 0 Å². The summed E-state index contributed by atoms with van der Waals surface area (Å²) < 4.78 is 43.2. The Balaban J connectivity index is 2.26. The summed E-state index contributed by atoms with van der Waals surface area (Å²) in [5, 5.41) is 9.21. The standard InChI is InChI=1S/C13H13F3N2O/c14-13(15,16)11-3-1-2-10(8-11)12(9-17)18-4-6-19-7-5-18/h1-3,8,12H,4-7H2/t12-/m0/s1. The Kier molecular flexibility index (Phi) is 4.08. The highest BCUT2D eigenvalue weighted by atomic mass is 19.4. The smallest absolute Gasteiger partial charge is 0.379 e. The largest absolute Gasteiger partial charge is 0.416 e. The van der Waals surface area contributed by atoms with Crippen LogP contribution < -0.4 is 0 Å². The molecule has 102 valence electrons. The van der Waals surface area contributed by atoms with E-state index in [-0.39, 0.29) is 0 Å². The Labute approximate surface area is 109 Å². The molecule has 1 aliphatic heterocycles. The summed E-state index contributed by atoms with van der Waals surface area (Å²) in [4.78, 5) is 1.83. The Hall–Kier alpha value is -1.58. The van der Waals surface area contributed by atoms with E-state index in [0.29, 0.717) is 31.9 Å². The minimum Gasteiger partial charge on any atom is -0.379 e. The number of alkyl halides is 3. The van der Waals surface area contributed by atoms with Crippen molar-refractivity contribution in [3.05, 3.63) is 35.4 Å². The highest BCUT2D eigenvalue weighted by molar-refractivity contribution is 5.31. The van der Waals surface area contributed by atoms with Gasteiger partial charge in [0.15, 0.2) is 0 Å². The molecule has 3 nitrogen and oxygen atoms in total. The zero-order chi connectivity index (χ0) is 13.9. The number of nitrogens with zero attached hydrogens (tertiary/aromatic N) is 2. The van der Waals surface area contributed by atoms with Crippen LogP contribution in [0.1, 0.15) is 17.2 Å². The first kappa shape index (κ1) is 13.8. The van der Waals surface area contributed by atoms with Gasteiger partial charge in [-0.1, -0.05) is 12.1 Å². The quantitative estimate of drug-likeness (QED) is 0.828. The maximum atomic E-state index is 12.7. The van der Waals surface area contributed by atoms with Crippen LogP contribution in [0.3, 0.4) is 0 Å². The van der Waals surface area contributed by atoms with Gasteiger partial charge in [0.2, 0.25) is 0 Å². The Morgan fingerprint density at radius 1 is 1.26 bits per heavy atom. The molecule has 0 N–H and O–H groups in total. The molecule has 0 saturated carbocycles. The summed E-state index contributed by atoms with van der Waals surface area (Å²) in [6, 6.07) is 6.36. The van der Waals surface area contributed by atoms with Crippen molar-refractivity contribution < 1.29 is 17.9 Å². The molecule has 0 spiro atoms. The molecule has 0 unspecified atom stereocenters. The molecule has 2 rings (SSSR count). The lowest BCUT2D eigenvalue weighted by molar-refractivity contribution is -0.137. The number of rotatable bonds is 2. The van der Waals surface area contributed by atoms with Gasteiger partial charge in [-0.2, -0.15) is 18.4 Å². The van der Waals surface area contributed by atoms with Crippen LogP contribution in [0.15, 0.2) is 24.3 Å². The van der Waals surface area contributed by atoms with Gasteiger partial charge in [0.05, 0.1) is 24.8 Å². The van der Waals surface area contributed by atoms with E-state index in [4.69, 9.17) is 4.74 Å². The molecule has 1 aromatic rings. The average Bonchev–Trinajstić information content (AvgIpc) is 2.40. The molecule has 1 atom stereocenters. The lowest BCUT2D eigenvalue weighted by Gasteiger charge is -2.30. The number of ether oxygens (including phenoxy) is 1. The minimum absolute atomic E-state index is 0.374. The monoisotopic (exact) mass is 270 g/mol. The van der Waals surface area contributed by atoms with E-state index < -0.39 is 17.8 Å². The van der Waals surface area contributed by atoms with Gasteiger partial charge in [0.25, 0.3) is 0 Å². The number of hydrogen-bond acceptors (Lipinski definition) is 3. The zero-order valence-electron chi connectivity index (χ0n) is 10.2. The number of hydrogen-bond donors (Lipinski definition) is 0. The molecular weight excluding hydrogens is 257 g/mol. The normalized spacial score (nSPS) is 18.8. The summed E-state index contributed by atoms with van der Waals surface area (Å²) >= 11 is 0. The first-order valence-electron chi connectivity index (χ1n) is 5.91. The second kappa shape index (κ2) is 5.59. The maximum absolute atomic E-state index is 12.7. The van der Waals surface area contributed by atoms with Gasteiger partial charge >= 0.3 is 6.18 Å². The molecule has 0 amide bonds. The van der Waals surface area contributed by atoms with Gasteiger partial charge in [-0.15, -0.1) is 0 Å². The Morgan fingerprint density at radius 3 is 2.53 bits per heavy atom. The highest BCUT2D eigenvalue weighted by Gasteiger charge is 2.31. The number of nitriles is 1. The van der Waals surface area contributed by atoms with Gasteiger partial charge in [0, 0.05) is 13.1 Å². The van der Waals surface area contributed by atoms with Gasteiger partial charge < -0.3 is 4.74 Å². The van der Waals surface area contributed by atoms with E-state index >= 15 is 0 Å². The van der Waals surface area contributed by atoms with E-state index in [1.165, 1.54) is 6.07 Å². The van der Waals surface area contributed by atoms with E-state index in [1.54, 1.807) is 6.07 Å². The fourth-order valence-electron chi connectivity index (χ4n) is 2.09. The molecule has 1 aromatic carbocycles. The second-order valence-electron chi connectivity index (χ2n) is 4.30. The molecule has 6 heteroatoms. The van der Waals surface area contributed by atoms with Crippen LogP contribution in [-0.4, -0.2) is 31.2 Å². The van der Waals surface area contributed by atoms with Gasteiger partial charge in [-0.25, -0.2) is 0 Å². The van der Waals surface area contributed by atoms with Crippen LogP contribution >= 0.6 is 0 Å². The number of halogens is 3. The van der Waals surface area contributed by atoms with Crippen molar-refractivity contribution in [2.45, 2.75) is 12.2 Å². The van der Waals surface area contributed by atoms with Crippen LogP contribution in [0.5, 0.6) is 0 Å². The Morgan fingerprint density at radius 2 is 1.95 bits per heavy atom. The summed E-state index contributed by atoms with van der Waals surface area (Å²) in [6.45, 7) is 2.09. The lowest BCUT2D eigenvalue weighted by atomic mass is 10.0. The van der Waals surface area contributed by atoms with Gasteiger partial charge in [0.1, 0.15) is 6.04 Å². The molecule has 1 fully saturated rings. The minimum atomic E-state index is -4.39. The van der Waals surface area contributed by atoms with Gasteiger partial charge in [-0.05, 0) is 17.7 Å². The first-order valence-corrected chi connectivity index (χ1v) is 5.91. The molecular formula is C13H13F3N2O. The summed E-state index contributed by atoms with van der Waals surface area (Å²) in [5.74, 6) is 0. The van der Waals surface area contributed by atoms with E-state index in [9.17, 15) is 18.4 Å². The fraction of sp³-hybridized carbons (Fsp3) is 0.462. The fourth-order valence-corrected chi connectivity index (χ4v) is 2.09. The van der Waals surface area contributed by atoms with Crippen LogP contribution in [0, 0.1) is 11.3 Å². The molecule has 0 aliphatic carbocycles. The van der Waals surface area contributed by atoms with Gasteiger partial charge in [-0.3, -0.25) is 4.90 Å². The lowest BCUT2D eigenvalue weighted by Crippen LogP contribution is -2.38. The summed E-state index contributed by atoms with van der Waals surface area (Å²) in [5.41, 5.74) is -0.349. The Bertz CT molecular complexity index is 476. The van der Waals surface area contributed by atoms with E-state index in [2.05, 4.69) is 6.07 Å². The number of morpholine rings is 1. The molecule has 19 heavy (non-hydrogen) atoms. The third-order valence-electron chi connectivity index (χ3n) is 3.06. The summed E-state index contributed by atoms with van der Waals surface area (Å²) in [6.07, 6.45) is -4.39. The van der Waals surface area contributed by atoms with Crippen molar-refractivity contribution in [2.75, 3.05) is 26.3 Å². The predicted octanol–water partition coefficient (Wildman–Crippen LogP) is 2.60. The SMILES string of the molecule is N#C[C@@H](c1cccc(C(F)(F)F)c1)N1CCOCC1. The average molecular weight is 270 g/mol. The third-order valence-corrected chi connectivity index (χ3v) is 3.06. The maximum Gasteiger partial charge on any atom is 0.416 e. The molecule has 0 bridgehead atoms. The summed E-state index contributed by atoms with van der Waals surface area (Å²) in [7, 11) is 0. The van der Waals surface area contributed by atoms with E-state index in [0.717, 1.165) is 12.1 Å². The van der Waals surface area contributed by atoms with Crippen molar-refractivity contribution >= 4 is 0 Å². The molecule has 1 aliphatic rings. The van der Waals surface area contributed by atoms with Crippen LogP contribution in [0.4, 0.5) is 13.2 Å². The van der Waals surface area contributed by atoms with Crippen molar-refractivity contribution in [3.8, 4) is 6.07 Å². The van der Waals surface area contributed by atoms with Crippen molar-refractivity contribution in [2.24, 2.45) is 0 Å². The second-order valence-corrected chi connectivity index (χ2v) is 4.30. The topological polar surface area (TPSA) is 36.3 Å². The molecule has 0 radical (unpaired) electrons. The van der Waals surface area contributed by atoms with E-state index in [1.807, 2.05) is 4.90 Å². The van der Waals surface area contributed by atoms with Crippen LogP contribution in [-0.2, 0) is 10.9 Å². The molecule has 1 heterocycles. The molecule has 1 saturated heterocycles. The van der Waals surface area contributed by atoms with Crippen LogP contribution in [0.25, 0.3) is 0 Å². The van der Waals surface area contributed by atoms with Crippen molar-refractivity contribution in [1.82, 2.24) is 4.90 Å².